The average molecular weight is 281 g/mol. The largest absolute Gasteiger partial charge is 0.313 e. The van der Waals surface area contributed by atoms with Crippen molar-refractivity contribution >= 4 is 5.78 Å². The molecule has 1 rings (SSSR count). The van der Waals surface area contributed by atoms with E-state index in [1.54, 1.807) is 0 Å². The summed E-state index contributed by atoms with van der Waals surface area (Å²) in [7, 11) is 1.88. The van der Waals surface area contributed by atoms with E-state index in [9.17, 15) is 4.79 Å². The lowest BCUT2D eigenvalue weighted by molar-refractivity contribution is -0.122. The zero-order valence-electron chi connectivity index (χ0n) is 13.6. The van der Waals surface area contributed by atoms with E-state index >= 15 is 0 Å². The highest BCUT2D eigenvalue weighted by Crippen LogP contribution is 2.21. The van der Waals surface area contributed by atoms with Crippen LogP contribution in [-0.2, 0) is 4.79 Å². The highest BCUT2D eigenvalue weighted by molar-refractivity contribution is 5.82. The van der Waals surface area contributed by atoms with Crippen molar-refractivity contribution in [3.8, 4) is 0 Å². The van der Waals surface area contributed by atoms with Gasteiger partial charge in [-0.3, -0.25) is 4.79 Å². The van der Waals surface area contributed by atoms with Gasteiger partial charge in [0.2, 0.25) is 0 Å². The number of hydrogen-bond donors (Lipinski definition) is 1. The fourth-order valence-electron chi connectivity index (χ4n) is 3.33. The van der Waals surface area contributed by atoms with Crippen molar-refractivity contribution in [2.45, 2.75) is 89.9 Å². The van der Waals surface area contributed by atoms with E-state index < -0.39 is 0 Å². The number of hydrogen-bond acceptors (Lipinski definition) is 2. The standard InChI is InChI=1S/C18H35NO/c1-19-16-18(20)17-14-12-10-8-6-4-2-3-5-7-9-11-13-15-17/h17,19H,2-16H2,1H3. The number of carbonyl (C=O) groups is 1. The third-order valence-corrected chi connectivity index (χ3v) is 4.66. The Labute approximate surface area is 126 Å². The van der Waals surface area contributed by atoms with Crippen LogP contribution in [0.2, 0.25) is 0 Å². The van der Waals surface area contributed by atoms with Crippen LogP contribution in [0, 0.1) is 5.92 Å². The van der Waals surface area contributed by atoms with Gasteiger partial charge in [0.15, 0.2) is 0 Å². The van der Waals surface area contributed by atoms with Crippen molar-refractivity contribution in [2.75, 3.05) is 13.6 Å². The Bertz CT molecular complexity index is 224. The minimum Gasteiger partial charge on any atom is -0.313 e. The van der Waals surface area contributed by atoms with Gasteiger partial charge < -0.3 is 5.32 Å². The van der Waals surface area contributed by atoms with E-state index in [2.05, 4.69) is 5.32 Å². The first-order valence-electron chi connectivity index (χ1n) is 9.02. The van der Waals surface area contributed by atoms with Gasteiger partial charge >= 0.3 is 0 Å². The quantitative estimate of drug-likeness (QED) is 0.800. The molecule has 0 heterocycles. The molecule has 0 spiro atoms. The zero-order chi connectivity index (χ0) is 14.5. The molecule has 1 saturated carbocycles. The summed E-state index contributed by atoms with van der Waals surface area (Å²) in [6, 6.07) is 0. The lowest BCUT2D eigenvalue weighted by Crippen LogP contribution is -2.26. The Morgan fingerprint density at radius 2 is 1.10 bits per heavy atom. The maximum atomic E-state index is 12.1. The molecule has 0 atom stereocenters. The third kappa shape index (κ3) is 8.73. The summed E-state index contributed by atoms with van der Waals surface area (Å²) in [5.41, 5.74) is 0. The molecule has 0 aromatic carbocycles. The molecule has 2 heteroatoms. The lowest BCUT2D eigenvalue weighted by Gasteiger charge is -2.15. The summed E-state index contributed by atoms with van der Waals surface area (Å²) in [5.74, 6) is 0.768. The molecule has 0 aromatic heterocycles. The Kier molecular flexibility index (Phi) is 10.9. The first-order chi connectivity index (χ1) is 9.84. The molecular weight excluding hydrogens is 246 g/mol. The second kappa shape index (κ2) is 12.4. The Hall–Kier alpha value is -0.370. The first kappa shape index (κ1) is 17.7. The molecule has 0 unspecified atom stereocenters. The topological polar surface area (TPSA) is 29.1 Å². The molecule has 0 aromatic rings. The third-order valence-electron chi connectivity index (χ3n) is 4.66. The molecule has 1 aliphatic carbocycles. The Morgan fingerprint density at radius 1 is 0.750 bits per heavy atom. The van der Waals surface area contributed by atoms with Crippen LogP contribution in [-0.4, -0.2) is 19.4 Å². The van der Waals surface area contributed by atoms with Gasteiger partial charge in [0, 0.05) is 5.92 Å². The average Bonchev–Trinajstić information content (AvgIpc) is 2.45. The van der Waals surface area contributed by atoms with E-state index in [-0.39, 0.29) is 0 Å². The van der Waals surface area contributed by atoms with Gasteiger partial charge in [0.25, 0.3) is 0 Å². The fraction of sp³-hybridized carbons (Fsp3) is 0.944. The van der Waals surface area contributed by atoms with Crippen LogP contribution in [0.15, 0.2) is 0 Å². The SMILES string of the molecule is CNCC(=O)C1CCCCCCCCCCCCCC1. The normalized spacial score (nSPS) is 21.9. The number of rotatable bonds is 3. The summed E-state index contributed by atoms with van der Waals surface area (Å²) >= 11 is 0. The molecule has 0 aliphatic heterocycles. The second-order valence-electron chi connectivity index (χ2n) is 6.51. The molecule has 20 heavy (non-hydrogen) atoms. The molecular formula is C18H35NO. The molecule has 0 bridgehead atoms. The minimum absolute atomic E-state index is 0.326. The van der Waals surface area contributed by atoms with Gasteiger partial charge in [-0.2, -0.15) is 0 Å². The number of likely N-dealkylation sites (N-methyl/N-ethyl adjacent to an activating group) is 1. The molecule has 1 N–H and O–H groups in total. The van der Waals surface area contributed by atoms with Gasteiger partial charge in [-0.1, -0.05) is 77.0 Å². The second-order valence-corrected chi connectivity index (χ2v) is 6.51. The van der Waals surface area contributed by atoms with Crippen molar-refractivity contribution in [3.63, 3.8) is 0 Å². The molecule has 0 amide bonds. The molecule has 1 aliphatic rings. The smallest absolute Gasteiger partial charge is 0.149 e. The summed E-state index contributed by atoms with van der Waals surface area (Å²) in [4.78, 5) is 12.1. The number of nitrogens with one attached hydrogen (secondary N) is 1. The summed E-state index contributed by atoms with van der Waals surface area (Å²) in [6.07, 6.45) is 18.6. The van der Waals surface area contributed by atoms with Crippen molar-refractivity contribution in [1.82, 2.24) is 5.32 Å². The predicted octanol–water partition coefficient (Wildman–Crippen LogP) is 4.87. The maximum absolute atomic E-state index is 12.1. The van der Waals surface area contributed by atoms with Crippen LogP contribution in [0.1, 0.15) is 89.9 Å². The maximum Gasteiger partial charge on any atom is 0.149 e. The Morgan fingerprint density at radius 3 is 1.45 bits per heavy atom. The van der Waals surface area contributed by atoms with E-state index in [1.807, 2.05) is 7.05 Å². The van der Waals surface area contributed by atoms with Crippen LogP contribution in [0.5, 0.6) is 0 Å². The van der Waals surface area contributed by atoms with E-state index in [0.29, 0.717) is 18.2 Å². The fourth-order valence-corrected chi connectivity index (χ4v) is 3.33. The van der Waals surface area contributed by atoms with E-state index in [1.165, 1.54) is 77.0 Å². The van der Waals surface area contributed by atoms with E-state index in [4.69, 9.17) is 0 Å². The first-order valence-corrected chi connectivity index (χ1v) is 9.02. The van der Waals surface area contributed by atoms with Gasteiger partial charge in [-0.05, 0) is 19.9 Å². The molecule has 1 fully saturated rings. The van der Waals surface area contributed by atoms with Crippen LogP contribution < -0.4 is 5.32 Å². The predicted molar refractivity (Wildman–Crippen MR) is 87.1 cm³/mol. The lowest BCUT2D eigenvalue weighted by atomic mass is 9.90. The number of ketones is 1. The molecule has 2 nitrogen and oxygen atoms in total. The summed E-state index contributed by atoms with van der Waals surface area (Å²) in [6.45, 7) is 0.560. The van der Waals surface area contributed by atoms with Gasteiger partial charge in [0.05, 0.1) is 6.54 Å². The van der Waals surface area contributed by atoms with Gasteiger partial charge in [-0.25, -0.2) is 0 Å². The van der Waals surface area contributed by atoms with Crippen molar-refractivity contribution in [2.24, 2.45) is 5.92 Å². The Balaban J connectivity index is 2.33. The van der Waals surface area contributed by atoms with Gasteiger partial charge in [0.1, 0.15) is 5.78 Å². The molecule has 0 saturated heterocycles. The monoisotopic (exact) mass is 281 g/mol. The van der Waals surface area contributed by atoms with Crippen LogP contribution >= 0.6 is 0 Å². The van der Waals surface area contributed by atoms with Crippen LogP contribution in [0.4, 0.5) is 0 Å². The highest BCUT2D eigenvalue weighted by atomic mass is 16.1. The molecule has 0 radical (unpaired) electrons. The van der Waals surface area contributed by atoms with Crippen LogP contribution in [0.3, 0.4) is 0 Å². The van der Waals surface area contributed by atoms with Crippen molar-refractivity contribution in [1.29, 1.82) is 0 Å². The van der Waals surface area contributed by atoms with E-state index in [0.717, 1.165) is 12.8 Å². The minimum atomic E-state index is 0.326. The van der Waals surface area contributed by atoms with Crippen molar-refractivity contribution in [3.05, 3.63) is 0 Å². The van der Waals surface area contributed by atoms with Crippen molar-refractivity contribution < 1.29 is 4.79 Å². The molecule has 118 valence electrons. The number of Topliss-reactive ketones (excluding diaryl/α,β-unsaturated/α-hetero) is 1. The number of carbonyl (C=O) groups excluding carboxylic acids is 1. The van der Waals surface area contributed by atoms with Gasteiger partial charge in [-0.15, -0.1) is 0 Å². The highest BCUT2D eigenvalue weighted by Gasteiger charge is 2.16. The summed E-state index contributed by atoms with van der Waals surface area (Å²) in [5, 5.41) is 3.03. The zero-order valence-corrected chi connectivity index (χ0v) is 13.6. The summed E-state index contributed by atoms with van der Waals surface area (Å²) < 4.78 is 0. The van der Waals surface area contributed by atoms with Crippen LogP contribution in [0.25, 0.3) is 0 Å².